The number of primary amides is 1. The molecule has 1 amide bonds. The van der Waals surface area contributed by atoms with E-state index in [1.165, 1.54) is 18.3 Å². The van der Waals surface area contributed by atoms with Crippen molar-refractivity contribution >= 4 is 21.7 Å². The average Bonchev–Trinajstić information content (AvgIpc) is 2.02. The molecule has 0 aliphatic heterocycles. The number of carbonyl (C=O) groups excluding carboxylic acids is 1. The molecule has 0 aliphatic carbocycles. The van der Waals surface area contributed by atoms with E-state index in [0.717, 1.165) is 6.26 Å². The van der Waals surface area contributed by atoms with Crippen LogP contribution in [0.15, 0.2) is 18.3 Å². The molecule has 0 radical (unpaired) electrons. The minimum Gasteiger partial charge on any atom is -0.366 e. The molecule has 0 saturated carbocycles. The Morgan fingerprint density at radius 1 is 1.50 bits per heavy atom. The topological polar surface area (TPSA) is 102 Å². The van der Waals surface area contributed by atoms with Crippen molar-refractivity contribution < 1.29 is 13.2 Å². The lowest BCUT2D eigenvalue weighted by atomic mass is 10.3. The maximum atomic E-state index is 10.8. The first-order valence-electron chi connectivity index (χ1n) is 3.62. The molecule has 0 aliphatic rings. The van der Waals surface area contributed by atoms with Crippen LogP contribution in [-0.4, -0.2) is 25.6 Å². The molecule has 0 bridgehead atoms. The van der Waals surface area contributed by atoms with E-state index < -0.39 is 15.9 Å². The highest BCUT2D eigenvalue weighted by atomic mass is 32.2. The fourth-order valence-corrected chi connectivity index (χ4v) is 1.29. The van der Waals surface area contributed by atoms with Gasteiger partial charge in [0.05, 0.1) is 11.8 Å². The van der Waals surface area contributed by atoms with Crippen molar-refractivity contribution in [2.75, 3.05) is 11.0 Å². The van der Waals surface area contributed by atoms with Crippen molar-refractivity contribution in [3.8, 4) is 0 Å². The zero-order chi connectivity index (χ0) is 10.8. The molecule has 6 nitrogen and oxygen atoms in total. The fourth-order valence-electron chi connectivity index (χ4n) is 0.790. The monoisotopic (exact) mass is 215 g/mol. The number of nitrogens with zero attached hydrogens (tertiary/aromatic N) is 1. The number of pyridine rings is 1. The van der Waals surface area contributed by atoms with Crippen molar-refractivity contribution in [1.29, 1.82) is 0 Å². The first kappa shape index (κ1) is 10.5. The number of hydrogen-bond acceptors (Lipinski definition) is 4. The van der Waals surface area contributed by atoms with Crippen LogP contribution >= 0.6 is 0 Å². The van der Waals surface area contributed by atoms with Crippen LogP contribution in [0.3, 0.4) is 0 Å². The third-order valence-corrected chi connectivity index (χ3v) is 1.92. The number of anilines is 1. The highest BCUT2D eigenvalue weighted by molar-refractivity contribution is 7.92. The van der Waals surface area contributed by atoms with Crippen LogP contribution in [0.25, 0.3) is 0 Å². The molecule has 0 aromatic carbocycles. The summed E-state index contributed by atoms with van der Waals surface area (Å²) in [4.78, 5) is 14.3. The summed E-state index contributed by atoms with van der Waals surface area (Å²) in [6, 6.07) is 2.75. The van der Waals surface area contributed by atoms with Crippen LogP contribution in [0, 0.1) is 0 Å². The van der Waals surface area contributed by atoms with Gasteiger partial charge in [0, 0.05) is 6.20 Å². The third-order valence-electron chi connectivity index (χ3n) is 1.34. The Hall–Kier alpha value is -1.63. The van der Waals surface area contributed by atoms with E-state index in [1.54, 1.807) is 0 Å². The zero-order valence-electron chi connectivity index (χ0n) is 7.39. The van der Waals surface area contributed by atoms with Crippen LogP contribution in [-0.2, 0) is 10.0 Å². The number of hydrogen-bond donors (Lipinski definition) is 2. The first-order valence-corrected chi connectivity index (χ1v) is 5.51. The molecule has 0 spiro atoms. The van der Waals surface area contributed by atoms with E-state index in [0.29, 0.717) is 0 Å². The standard InChI is InChI=1S/C7H9N3O3S/c1-14(12,13)10-6-3-2-5(4-9-6)7(8)11/h2-4H,1H3,(H2,8,11)(H,9,10). The van der Waals surface area contributed by atoms with E-state index >= 15 is 0 Å². The highest BCUT2D eigenvalue weighted by Gasteiger charge is 2.04. The second-order valence-corrected chi connectivity index (χ2v) is 4.42. The van der Waals surface area contributed by atoms with E-state index in [9.17, 15) is 13.2 Å². The van der Waals surface area contributed by atoms with Crippen LogP contribution in [0.1, 0.15) is 10.4 Å². The summed E-state index contributed by atoms with van der Waals surface area (Å²) in [5, 5.41) is 0. The summed E-state index contributed by atoms with van der Waals surface area (Å²) in [7, 11) is -3.34. The molecule has 0 atom stereocenters. The Balaban J connectivity index is 2.90. The fraction of sp³-hybridized carbons (Fsp3) is 0.143. The number of nitrogens with one attached hydrogen (secondary N) is 1. The van der Waals surface area contributed by atoms with Gasteiger partial charge in [0.15, 0.2) is 0 Å². The Labute approximate surface area is 81.2 Å². The van der Waals surface area contributed by atoms with Gasteiger partial charge in [0.25, 0.3) is 0 Å². The molecule has 0 fully saturated rings. The average molecular weight is 215 g/mol. The summed E-state index contributed by atoms with van der Waals surface area (Å²) in [6.07, 6.45) is 2.21. The van der Waals surface area contributed by atoms with Gasteiger partial charge in [-0.25, -0.2) is 13.4 Å². The normalized spacial score (nSPS) is 10.9. The number of aromatic nitrogens is 1. The van der Waals surface area contributed by atoms with Crippen molar-refractivity contribution in [2.45, 2.75) is 0 Å². The van der Waals surface area contributed by atoms with Gasteiger partial charge in [-0.1, -0.05) is 0 Å². The van der Waals surface area contributed by atoms with Gasteiger partial charge in [-0.05, 0) is 12.1 Å². The number of sulfonamides is 1. The maximum Gasteiger partial charge on any atom is 0.250 e. The van der Waals surface area contributed by atoms with E-state index in [4.69, 9.17) is 5.73 Å². The SMILES string of the molecule is CS(=O)(=O)Nc1ccc(C(N)=O)cn1. The lowest BCUT2D eigenvalue weighted by molar-refractivity contribution is 0.1000. The quantitative estimate of drug-likeness (QED) is 0.712. The third kappa shape index (κ3) is 3.02. The van der Waals surface area contributed by atoms with Gasteiger partial charge in [0.1, 0.15) is 5.82 Å². The first-order chi connectivity index (χ1) is 6.38. The highest BCUT2D eigenvalue weighted by Crippen LogP contribution is 2.05. The number of nitrogens with two attached hydrogens (primary N) is 1. The van der Waals surface area contributed by atoms with Gasteiger partial charge in [-0.3, -0.25) is 9.52 Å². The van der Waals surface area contributed by atoms with Gasteiger partial charge in [-0.2, -0.15) is 0 Å². The Kier molecular flexibility index (Phi) is 2.70. The molecule has 1 heterocycles. The van der Waals surface area contributed by atoms with Crippen molar-refractivity contribution in [3.05, 3.63) is 23.9 Å². The van der Waals surface area contributed by atoms with Crippen molar-refractivity contribution in [2.24, 2.45) is 5.73 Å². The number of rotatable bonds is 3. The molecule has 0 unspecified atom stereocenters. The Bertz CT molecular complexity index is 438. The van der Waals surface area contributed by atoms with Gasteiger partial charge in [-0.15, -0.1) is 0 Å². The largest absolute Gasteiger partial charge is 0.366 e. The summed E-state index contributed by atoms with van der Waals surface area (Å²) in [5.41, 5.74) is 5.20. The van der Waals surface area contributed by atoms with Crippen molar-refractivity contribution in [3.63, 3.8) is 0 Å². The lowest BCUT2D eigenvalue weighted by Gasteiger charge is -2.02. The summed E-state index contributed by atoms with van der Waals surface area (Å²) < 4.78 is 23.7. The molecule has 7 heteroatoms. The molecule has 14 heavy (non-hydrogen) atoms. The second-order valence-electron chi connectivity index (χ2n) is 2.67. The molecule has 76 valence electrons. The van der Waals surface area contributed by atoms with Crippen LogP contribution in [0.4, 0.5) is 5.82 Å². The van der Waals surface area contributed by atoms with Crippen LogP contribution < -0.4 is 10.5 Å². The molecule has 1 aromatic rings. The van der Waals surface area contributed by atoms with Crippen LogP contribution in [0.2, 0.25) is 0 Å². The van der Waals surface area contributed by atoms with E-state index in [-0.39, 0.29) is 11.4 Å². The Morgan fingerprint density at radius 2 is 2.14 bits per heavy atom. The summed E-state index contributed by atoms with van der Waals surface area (Å²) >= 11 is 0. The van der Waals surface area contributed by atoms with E-state index in [2.05, 4.69) is 9.71 Å². The second kappa shape index (κ2) is 3.62. The minimum absolute atomic E-state index is 0.150. The molecular formula is C7H9N3O3S. The summed E-state index contributed by atoms with van der Waals surface area (Å²) in [5.74, 6) is -0.457. The number of carbonyl (C=O) groups is 1. The lowest BCUT2D eigenvalue weighted by Crippen LogP contribution is -2.13. The minimum atomic E-state index is -3.34. The van der Waals surface area contributed by atoms with Gasteiger partial charge in [0.2, 0.25) is 15.9 Å². The van der Waals surface area contributed by atoms with E-state index in [1.807, 2.05) is 0 Å². The molecular weight excluding hydrogens is 206 g/mol. The Morgan fingerprint density at radius 3 is 2.50 bits per heavy atom. The summed E-state index contributed by atoms with van der Waals surface area (Å²) in [6.45, 7) is 0. The van der Waals surface area contributed by atoms with Gasteiger partial charge < -0.3 is 5.73 Å². The molecule has 3 N–H and O–H groups in total. The smallest absolute Gasteiger partial charge is 0.250 e. The predicted molar refractivity (Wildman–Crippen MR) is 51.2 cm³/mol. The van der Waals surface area contributed by atoms with Crippen molar-refractivity contribution in [1.82, 2.24) is 4.98 Å². The zero-order valence-corrected chi connectivity index (χ0v) is 8.21. The molecule has 0 saturated heterocycles. The number of amides is 1. The van der Waals surface area contributed by atoms with Crippen LogP contribution in [0.5, 0.6) is 0 Å². The predicted octanol–water partition coefficient (Wildman–Crippen LogP) is -0.448. The van der Waals surface area contributed by atoms with Gasteiger partial charge >= 0.3 is 0 Å². The molecule has 1 rings (SSSR count). The maximum absolute atomic E-state index is 10.8. The molecule has 1 aromatic heterocycles.